The molecule has 0 N–H and O–H groups in total. The molecule has 0 radical (unpaired) electrons. The summed E-state index contributed by atoms with van der Waals surface area (Å²) in [6.45, 7) is 1.77. The minimum Gasteiger partial charge on any atom is -0.435 e. The van der Waals surface area contributed by atoms with Crippen molar-refractivity contribution in [3.8, 4) is 0 Å². The van der Waals surface area contributed by atoms with Crippen molar-refractivity contribution < 1.29 is 9.53 Å². The van der Waals surface area contributed by atoms with E-state index < -0.39 is 0 Å². The molecule has 0 aromatic heterocycles. The molecule has 0 unspecified atom stereocenters. The Balaban J connectivity index is 3.25. The first-order valence-electron chi connectivity index (χ1n) is 3.14. The number of carbonyl (C=O) groups excluding carboxylic acids is 1. The summed E-state index contributed by atoms with van der Waals surface area (Å²) < 4.78 is 4.66. The molecule has 0 rings (SSSR count). The minimum atomic E-state index is -0.183. The largest absolute Gasteiger partial charge is 0.435 e. The van der Waals surface area contributed by atoms with Crippen LogP contribution in [0.1, 0.15) is 13.3 Å². The zero-order chi connectivity index (χ0) is 7.82. The van der Waals surface area contributed by atoms with Crippen LogP contribution in [0.25, 0.3) is 0 Å². The Bertz CT molecular complexity index is 121. The average Bonchev–Trinajstić information content (AvgIpc) is 1.98. The molecular weight excluding hydrogens is 148 g/mol. The van der Waals surface area contributed by atoms with Gasteiger partial charge in [-0.05, 0) is 12.3 Å². The van der Waals surface area contributed by atoms with Crippen LogP contribution >= 0.6 is 11.8 Å². The molecular formula is C7H12O2S. The van der Waals surface area contributed by atoms with Gasteiger partial charge < -0.3 is 4.74 Å². The lowest BCUT2D eigenvalue weighted by Crippen LogP contribution is -1.95. The van der Waals surface area contributed by atoms with Crippen LogP contribution in [0.5, 0.6) is 0 Å². The maximum Gasteiger partial charge on any atom is 0.310 e. The third-order valence-electron chi connectivity index (χ3n) is 0.847. The summed E-state index contributed by atoms with van der Waals surface area (Å²) in [5.41, 5.74) is 0. The van der Waals surface area contributed by atoms with Gasteiger partial charge in [0.15, 0.2) is 0 Å². The van der Waals surface area contributed by atoms with Crippen molar-refractivity contribution in [3.63, 3.8) is 0 Å². The minimum absolute atomic E-state index is 0.183. The standard InChI is InChI=1S/C7H12O2S/c1-3-7(8)9-5-4-6-10-2/h4-5H,3,6H2,1-2H3/b5-4-. The Kier molecular flexibility index (Phi) is 6.38. The molecule has 0 aliphatic carbocycles. The molecule has 0 heterocycles. The summed E-state index contributed by atoms with van der Waals surface area (Å²) in [6, 6.07) is 0. The van der Waals surface area contributed by atoms with Crippen LogP contribution in [0.15, 0.2) is 12.3 Å². The molecule has 58 valence electrons. The third kappa shape index (κ3) is 5.69. The van der Waals surface area contributed by atoms with Crippen molar-refractivity contribution >= 4 is 17.7 Å². The van der Waals surface area contributed by atoms with E-state index in [4.69, 9.17) is 0 Å². The third-order valence-corrected chi connectivity index (χ3v) is 1.37. The molecule has 0 aromatic carbocycles. The zero-order valence-corrected chi connectivity index (χ0v) is 7.11. The first-order valence-corrected chi connectivity index (χ1v) is 4.54. The normalized spacial score (nSPS) is 10.2. The Labute approximate surface area is 65.6 Å². The van der Waals surface area contributed by atoms with Gasteiger partial charge >= 0.3 is 5.97 Å². The highest BCUT2D eigenvalue weighted by Crippen LogP contribution is 1.92. The number of hydrogen-bond donors (Lipinski definition) is 0. The molecule has 0 aliphatic heterocycles. The van der Waals surface area contributed by atoms with Crippen molar-refractivity contribution in [2.24, 2.45) is 0 Å². The number of ether oxygens (including phenoxy) is 1. The van der Waals surface area contributed by atoms with E-state index in [1.54, 1.807) is 18.7 Å². The maximum atomic E-state index is 10.5. The second-order valence-electron chi connectivity index (χ2n) is 1.67. The molecule has 0 aromatic rings. The summed E-state index contributed by atoms with van der Waals surface area (Å²) in [4.78, 5) is 10.5. The highest BCUT2D eigenvalue weighted by Gasteiger charge is 1.91. The van der Waals surface area contributed by atoms with Gasteiger partial charge in [0, 0.05) is 12.2 Å². The topological polar surface area (TPSA) is 26.3 Å². The predicted molar refractivity (Wildman–Crippen MR) is 43.9 cm³/mol. The van der Waals surface area contributed by atoms with E-state index in [0.29, 0.717) is 6.42 Å². The summed E-state index contributed by atoms with van der Waals surface area (Å²) >= 11 is 1.68. The molecule has 0 fully saturated rings. The van der Waals surface area contributed by atoms with Crippen molar-refractivity contribution in [3.05, 3.63) is 12.3 Å². The number of hydrogen-bond acceptors (Lipinski definition) is 3. The zero-order valence-electron chi connectivity index (χ0n) is 6.29. The second kappa shape index (κ2) is 6.68. The Hall–Kier alpha value is -0.440. The number of esters is 1. The lowest BCUT2D eigenvalue weighted by atomic mass is 10.5. The van der Waals surface area contributed by atoms with Crippen LogP contribution < -0.4 is 0 Å². The monoisotopic (exact) mass is 160 g/mol. The van der Waals surface area contributed by atoms with Crippen molar-refractivity contribution in [2.75, 3.05) is 12.0 Å². The Morgan fingerprint density at radius 2 is 2.40 bits per heavy atom. The van der Waals surface area contributed by atoms with Gasteiger partial charge in [-0.1, -0.05) is 6.92 Å². The van der Waals surface area contributed by atoms with Crippen LogP contribution in [0, 0.1) is 0 Å². The maximum absolute atomic E-state index is 10.5. The predicted octanol–water partition coefficient (Wildman–Crippen LogP) is 1.82. The highest BCUT2D eigenvalue weighted by molar-refractivity contribution is 7.98. The number of carbonyl (C=O) groups is 1. The average molecular weight is 160 g/mol. The molecule has 0 amide bonds. The molecule has 0 saturated heterocycles. The van der Waals surface area contributed by atoms with E-state index in [1.165, 1.54) is 6.26 Å². The van der Waals surface area contributed by atoms with E-state index in [9.17, 15) is 4.79 Å². The smallest absolute Gasteiger partial charge is 0.310 e. The van der Waals surface area contributed by atoms with Crippen molar-refractivity contribution in [1.29, 1.82) is 0 Å². The van der Waals surface area contributed by atoms with E-state index in [1.807, 2.05) is 12.3 Å². The van der Waals surface area contributed by atoms with Gasteiger partial charge in [0.1, 0.15) is 0 Å². The van der Waals surface area contributed by atoms with Gasteiger partial charge in [0.2, 0.25) is 0 Å². The van der Waals surface area contributed by atoms with Gasteiger partial charge in [-0.2, -0.15) is 11.8 Å². The van der Waals surface area contributed by atoms with Crippen LogP contribution in [0.2, 0.25) is 0 Å². The molecule has 0 bridgehead atoms. The van der Waals surface area contributed by atoms with Gasteiger partial charge in [0.25, 0.3) is 0 Å². The number of thioether (sulfide) groups is 1. The van der Waals surface area contributed by atoms with Crippen LogP contribution in [0.3, 0.4) is 0 Å². The molecule has 10 heavy (non-hydrogen) atoms. The fourth-order valence-corrected chi connectivity index (χ4v) is 0.614. The van der Waals surface area contributed by atoms with Crippen LogP contribution in [0.4, 0.5) is 0 Å². The summed E-state index contributed by atoms with van der Waals surface area (Å²) in [5.74, 6) is 0.703. The summed E-state index contributed by atoms with van der Waals surface area (Å²) in [5, 5.41) is 0. The van der Waals surface area contributed by atoms with E-state index in [2.05, 4.69) is 4.74 Å². The fourth-order valence-electron chi connectivity index (χ4n) is 0.343. The summed E-state index contributed by atoms with van der Waals surface area (Å²) in [6.07, 6.45) is 5.69. The Morgan fingerprint density at radius 3 is 2.90 bits per heavy atom. The van der Waals surface area contributed by atoms with Gasteiger partial charge in [-0.25, -0.2) is 0 Å². The van der Waals surface area contributed by atoms with Crippen LogP contribution in [-0.2, 0) is 9.53 Å². The van der Waals surface area contributed by atoms with E-state index in [0.717, 1.165) is 5.75 Å². The second-order valence-corrected chi connectivity index (χ2v) is 2.58. The molecule has 2 nitrogen and oxygen atoms in total. The van der Waals surface area contributed by atoms with Gasteiger partial charge in [-0.15, -0.1) is 0 Å². The quantitative estimate of drug-likeness (QED) is 0.463. The van der Waals surface area contributed by atoms with E-state index >= 15 is 0 Å². The lowest BCUT2D eigenvalue weighted by Gasteiger charge is -1.92. The van der Waals surface area contributed by atoms with Crippen LogP contribution in [-0.4, -0.2) is 18.0 Å². The fraction of sp³-hybridized carbons (Fsp3) is 0.571. The molecule has 3 heteroatoms. The molecule has 0 saturated carbocycles. The molecule has 0 spiro atoms. The first kappa shape index (κ1) is 9.56. The first-order chi connectivity index (χ1) is 4.81. The summed E-state index contributed by atoms with van der Waals surface area (Å²) in [7, 11) is 0. The SMILES string of the molecule is CCC(=O)O/C=C\CSC. The van der Waals surface area contributed by atoms with Crippen molar-refractivity contribution in [2.45, 2.75) is 13.3 Å². The lowest BCUT2D eigenvalue weighted by molar-refractivity contribution is -0.137. The Morgan fingerprint density at radius 1 is 1.70 bits per heavy atom. The van der Waals surface area contributed by atoms with Gasteiger partial charge in [-0.3, -0.25) is 4.79 Å². The molecule has 0 aliphatic rings. The highest BCUT2D eigenvalue weighted by atomic mass is 32.2. The van der Waals surface area contributed by atoms with Gasteiger partial charge in [0.05, 0.1) is 6.26 Å². The number of rotatable bonds is 4. The molecule has 0 atom stereocenters. The van der Waals surface area contributed by atoms with Crippen molar-refractivity contribution in [1.82, 2.24) is 0 Å². The van der Waals surface area contributed by atoms with E-state index in [-0.39, 0.29) is 5.97 Å².